The largest absolute Gasteiger partial charge is 0.379 e. The van der Waals surface area contributed by atoms with Crippen molar-refractivity contribution in [3.05, 3.63) is 16.9 Å². The molecule has 0 radical (unpaired) electrons. The molecule has 1 unspecified atom stereocenters. The maximum absolute atomic E-state index is 5.23. The second-order valence-corrected chi connectivity index (χ2v) is 3.85. The lowest BCUT2D eigenvalue weighted by atomic mass is 10.3. The van der Waals surface area contributed by atoms with Gasteiger partial charge in [-0.2, -0.15) is 0 Å². The van der Waals surface area contributed by atoms with Crippen LogP contribution in [0.1, 0.15) is 6.42 Å². The van der Waals surface area contributed by atoms with Crippen LogP contribution in [0.2, 0.25) is 0 Å². The standard InChI is InChI=1S/C8H10BrN3O/c9-6-3-10-8(11-4-6)12-7-1-2-13-5-7/h3-4,7H,1-2,5H2,(H,10,11,12). The summed E-state index contributed by atoms with van der Waals surface area (Å²) in [6, 6.07) is 0.362. The molecule has 13 heavy (non-hydrogen) atoms. The molecule has 0 aromatic carbocycles. The van der Waals surface area contributed by atoms with Crippen molar-refractivity contribution in [1.29, 1.82) is 0 Å². The van der Waals surface area contributed by atoms with Gasteiger partial charge in [0.2, 0.25) is 5.95 Å². The third kappa shape index (κ3) is 2.38. The van der Waals surface area contributed by atoms with Gasteiger partial charge in [0, 0.05) is 19.0 Å². The van der Waals surface area contributed by atoms with Crippen molar-refractivity contribution in [2.45, 2.75) is 12.5 Å². The number of nitrogens with zero attached hydrogens (tertiary/aromatic N) is 2. The number of hydrogen-bond donors (Lipinski definition) is 1. The molecule has 1 fully saturated rings. The van der Waals surface area contributed by atoms with Crippen molar-refractivity contribution in [3.8, 4) is 0 Å². The molecule has 0 saturated carbocycles. The quantitative estimate of drug-likeness (QED) is 0.855. The summed E-state index contributed by atoms with van der Waals surface area (Å²) < 4.78 is 6.12. The highest BCUT2D eigenvalue weighted by molar-refractivity contribution is 9.10. The van der Waals surface area contributed by atoms with E-state index in [4.69, 9.17) is 4.74 Å². The van der Waals surface area contributed by atoms with E-state index in [1.807, 2.05) is 0 Å². The van der Waals surface area contributed by atoms with Crippen LogP contribution in [0.4, 0.5) is 5.95 Å². The minimum Gasteiger partial charge on any atom is -0.379 e. The fourth-order valence-corrected chi connectivity index (χ4v) is 1.42. The maximum Gasteiger partial charge on any atom is 0.222 e. The minimum absolute atomic E-state index is 0.362. The van der Waals surface area contributed by atoms with Crippen molar-refractivity contribution in [1.82, 2.24) is 9.97 Å². The van der Waals surface area contributed by atoms with Gasteiger partial charge in [-0.05, 0) is 22.4 Å². The first-order valence-electron chi connectivity index (χ1n) is 4.16. The third-order valence-corrected chi connectivity index (χ3v) is 2.29. The van der Waals surface area contributed by atoms with Gasteiger partial charge in [-0.25, -0.2) is 9.97 Å². The van der Waals surface area contributed by atoms with E-state index in [2.05, 4.69) is 31.2 Å². The second-order valence-electron chi connectivity index (χ2n) is 2.93. The molecule has 0 spiro atoms. The van der Waals surface area contributed by atoms with Crippen LogP contribution in [0.3, 0.4) is 0 Å². The van der Waals surface area contributed by atoms with Crippen LogP contribution in [0.25, 0.3) is 0 Å². The number of ether oxygens (including phenoxy) is 1. The monoisotopic (exact) mass is 243 g/mol. The van der Waals surface area contributed by atoms with Gasteiger partial charge in [0.15, 0.2) is 0 Å². The van der Waals surface area contributed by atoms with Crippen molar-refractivity contribution in [3.63, 3.8) is 0 Å². The molecule has 1 atom stereocenters. The van der Waals surface area contributed by atoms with Crippen molar-refractivity contribution in [2.24, 2.45) is 0 Å². The molecule has 1 saturated heterocycles. The Bertz CT molecular complexity index is 271. The summed E-state index contributed by atoms with van der Waals surface area (Å²) in [6.45, 7) is 1.58. The molecule has 1 aromatic heterocycles. The van der Waals surface area contributed by atoms with E-state index < -0.39 is 0 Å². The summed E-state index contributed by atoms with van der Waals surface area (Å²) in [5.41, 5.74) is 0. The van der Waals surface area contributed by atoms with Crippen LogP contribution in [-0.4, -0.2) is 29.2 Å². The topological polar surface area (TPSA) is 47.0 Å². The van der Waals surface area contributed by atoms with Gasteiger partial charge >= 0.3 is 0 Å². The molecule has 1 aliphatic rings. The van der Waals surface area contributed by atoms with Crippen LogP contribution in [0.15, 0.2) is 16.9 Å². The van der Waals surface area contributed by atoms with Gasteiger partial charge in [0.25, 0.3) is 0 Å². The van der Waals surface area contributed by atoms with E-state index in [9.17, 15) is 0 Å². The maximum atomic E-state index is 5.23. The molecule has 0 amide bonds. The lowest BCUT2D eigenvalue weighted by molar-refractivity contribution is 0.195. The third-order valence-electron chi connectivity index (χ3n) is 1.88. The van der Waals surface area contributed by atoms with E-state index in [-0.39, 0.29) is 0 Å². The van der Waals surface area contributed by atoms with Crippen LogP contribution in [-0.2, 0) is 4.74 Å². The Balaban J connectivity index is 1.97. The van der Waals surface area contributed by atoms with Crippen LogP contribution < -0.4 is 5.32 Å². The number of rotatable bonds is 2. The van der Waals surface area contributed by atoms with E-state index in [0.717, 1.165) is 24.1 Å². The summed E-state index contributed by atoms with van der Waals surface area (Å²) in [7, 11) is 0. The summed E-state index contributed by atoms with van der Waals surface area (Å²) in [4.78, 5) is 8.23. The molecule has 70 valence electrons. The van der Waals surface area contributed by atoms with Crippen LogP contribution >= 0.6 is 15.9 Å². The Morgan fingerprint density at radius 3 is 2.85 bits per heavy atom. The lowest BCUT2D eigenvalue weighted by Gasteiger charge is -2.09. The van der Waals surface area contributed by atoms with Crippen LogP contribution in [0.5, 0.6) is 0 Å². The molecule has 0 bridgehead atoms. The van der Waals surface area contributed by atoms with Crippen molar-refractivity contribution >= 4 is 21.9 Å². The number of hydrogen-bond acceptors (Lipinski definition) is 4. The molecule has 1 aliphatic heterocycles. The predicted molar refractivity (Wildman–Crippen MR) is 52.6 cm³/mol. The average Bonchev–Trinajstić information content (AvgIpc) is 2.62. The molecule has 2 heterocycles. The zero-order valence-corrected chi connectivity index (χ0v) is 8.62. The zero-order chi connectivity index (χ0) is 9.10. The van der Waals surface area contributed by atoms with Gasteiger partial charge in [-0.15, -0.1) is 0 Å². The smallest absolute Gasteiger partial charge is 0.222 e. The number of nitrogens with one attached hydrogen (secondary N) is 1. The Hall–Kier alpha value is -0.680. The van der Waals surface area contributed by atoms with Gasteiger partial charge in [0.1, 0.15) is 0 Å². The Morgan fingerprint density at radius 1 is 1.46 bits per heavy atom. The number of aromatic nitrogens is 2. The van der Waals surface area contributed by atoms with E-state index in [0.29, 0.717) is 12.0 Å². The fourth-order valence-electron chi connectivity index (χ4n) is 1.22. The SMILES string of the molecule is Brc1cnc(NC2CCOC2)nc1. The van der Waals surface area contributed by atoms with E-state index in [1.165, 1.54) is 0 Å². The molecule has 4 nitrogen and oxygen atoms in total. The van der Waals surface area contributed by atoms with Crippen molar-refractivity contribution < 1.29 is 4.74 Å². The molecular weight excluding hydrogens is 234 g/mol. The first-order valence-corrected chi connectivity index (χ1v) is 4.96. The summed E-state index contributed by atoms with van der Waals surface area (Å²) in [5.74, 6) is 0.665. The lowest BCUT2D eigenvalue weighted by Crippen LogP contribution is -2.20. The molecular formula is C8H10BrN3O. The molecule has 5 heteroatoms. The number of anilines is 1. The number of halogens is 1. The highest BCUT2D eigenvalue weighted by Gasteiger charge is 2.15. The van der Waals surface area contributed by atoms with E-state index >= 15 is 0 Å². The van der Waals surface area contributed by atoms with Crippen LogP contribution in [0, 0.1) is 0 Å². The van der Waals surface area contributed by atoms with Gasteiger partial charge in [-0.1, -0.05) is 0 Å². The predicted octanol–water partition coefficient (Wildman–Crippen LogP) is 1.44. The molecule has 2 rings (SSSR count). The van der Waals surface area contributed by atoms with Crippen molar-refractivity contribution in [2.75, 3.05) is 18.5 Å². The Morgan fingerprint density at radius 2 is 2.23 bits per heavy atom. The average molecular weight is 244 g/mol. The van der Waals surface area contributed by atoms with E-state index in [1.54, 1.807) is 12.4 Å². The fraction of sp³-hybridized carbons (Fsp3) is 0.500. The first-order chi connectivity index (χ1) is 6.34. The van der Waals surface area contributed by atoms with Gasteiger partial charge in [0.05, 0.1) is 17.1 Å². The summed E-state index contributed by atoms with van der Waals surface area (Å²) in [6.07, 6.45) is 4.48. The zero-order valence-electron chi connectivity index (χ0n) is 7.03. The Labute approximate surface area is 84.9 Å². The second kappa shape index (κ2) is 4.02. The molecule has 0 aliphatic carbocycles. The molecule has 1 N–H and O–H groups in total. The minimum atomic E-state index is 0.362. The summed E-state index contributed by atoms with van der Waals surface area (Å²) >= 11 is 3.28. The highest BCUT2D eigenvalue weighted by Crippen LogP contribution is 2.11. The molecule has 1 aromatic rings. The highest BCUT2D eigenvalue weighted by atomic mass is 79.9. The first kappa shape index (κ1) is 8.90. The van der Waals surface area contributed by atoms with Gasteiger partial charge < -0.3 is 10.1 Å². The van der Waals surface area contributed by atoms with Gasteiger partial charge in [-0.3, -0.25) is 0 Å². The summed E-state index contributed by atoms with van der Waals surface area (Å²) in [5, 5.41) is 3.20. The Kier molecular flexibility index (Phi) is 2.75. The normalized spacial score (nSPS) is 21.8.